The number of rotatable bonds is 2. The van der Waals surface area contributed by atoms with Gasteiger partial charge < -0.3 is 14.4 Å². The van der Waals surface area contributed by atoms with Gasteiger partial charge in [-0.2, -0.15) is 0 Å². The molecule has 1 unspecified atom stereocenters. The Morgan fingerprint density at radius 1 is 1.16 bits per heavy atom. The van der Waals surface area contributed by atoms with E-state index >= 15 is 0 Å². The molecular formula is C19H20N2O3S. The monoisotopic (exact) mass is 356 g/mol. The van der Waals surface area contributed by atoms with Crippen LogP contribution in [0.3, 0.4) is 0 Å². The van der Waals surface area contributed by atoms with E-state index in [1.54, 1.807) is 0 Å². The molecule has 2 aromatic rings. The van der Waals surface area contributed by atoms with Gasteiger partial charge in [-0.05, 0) is 35.6 Å². The fourth-order valence-corrected chi connectivity index (χ4v) is 4.68. The van der Waals surface area contributed by atoms with Gasteiger partial charge in [-0.1, -0.05) is 12.1 Å². The minimum atomic E-state index is -0.527. The molecule has 0 saturated carbocycles. The summed E-state index contributed by atoms with van der Waals surface area (Å²) in [5, 5.41) is 2.18. The number of benzene rings is 1. The van der Waals surface area contributed by atoms with E-state index in [4.69, 9.17) is 9.47 Å². The number of hydrogen-bond donors (Lipinski definition) is 0. The minimum Gasteiger partial charge on any atom is -0.485 e. The predicted octanol–water partition coefficient (Wildman–Crippen LogP) is 2.16. The van der Waals surface area contributed by atoms with Gasteiger partial charge in [-0.25, -0.2) is 0 Å². The molecule has 1 amide bonds. The van der Waals surface area contributed by atoms with Crippen molar-refractivity contribution in [2.24, 2.45) is 0 Å². The molecule has 1 atom stereocenters. The third-order valence-electron chi connectivity index (χ3n) is 5.31. The van der Waals surface area contributed by atoms with Crippen molar-refractivity contribution in [3.63, 3.8) is 0 Å². The van der Waals surface area contributed by atoms with Gasteiger partial charge in [-0.3, -0.25) is 9.69 Å². The number of nitrogens with zero attached hydrogens (tertiary/aromatic N) is 2. The first-order chi connectivity index (χ1) is 12.3. The standard InChI is InChI=1S/C19H20N2O3S/c22-19(17-12-23-15-3-1-2-4-16(15)24-17)21-10-14(11-21)20-7-5-18-13(9-20)6-8-25-18/h1-4,6,8,14,17H,5,7,9-12H2. The van der Waals surface area contributed by atoms with E-state index < -0.39 is 6.10 Å². The van der Waals surface area contributed by atoms with Crippen LogP contribution in [0.1, 0.15) is 10.4 Å². The number of carbonyl (C=O) groups excluding carboxylic acids is 1. The maximum absolute atomic E-state index is 12.7. The normalized spacial score (nSPS) is 23.0. The Hall–Kier alpha value is -2.05. The van der Waals surface area contributed by atoms with Gasteiger partial charge in [0.2, 0.25) is 6.10 Å². The van der Waals surface area contributed by atoms with Gasteiger partial charge >= 0.3 is 0 Å². The summed E-state index contributed by atoms with van der Waals surface area (Å²) in [5.74, 6) is 1.41. The molecule has 1 fully saturated rings. The number of fused-ring (bicyclic) bond motifs is 2. The van der Waals surface area contributed by atoms with Crippen LogP contribution in [-0.2, 0) is 17.8 Å². The van der Waals surface area contributed by atoms with Crippen LogP contribution in [0.5, 0.6) is 11.5 Å². The molecule has 0 bridgehead atoms. The van der Waals surface area contributed by atoms with Gasteiger partial charge in [-0.15, -0.1) is 11.3 Å². The first kappa shape index (κ1) is 15.2. The second-order valence-electron chi connectivity index (χ2n) is 6.85. The van der Waals surface area contributed by atoms with Gasteiger partial charge in [0.1, 0.15) is 6.61 Å². The van der Waals surface area contributed by atoms with Gasteiger partial charge in [0.25, 0.3) is 5.91 Å². The maximum atomic E-state index is 12.7. The summed E-state index contributed by atoms with van der Waals surface area (Å²) in [7, 11) is 0. The second kappa shape index (κ2) is 6.04. The third kappa shape index (κ3) is 2.69. The summed E-state index contributed by atoms with van der Waals surface area (Å²) in [6, 6.07) is 10.2. The van der Waals surface area contributed by atoms with Gasteiger partial charge in [0.05, 0.1) is 0 Å². The average Bonchev–Trinajstić information content (AvgIpc) is 3.08. The highest BCUT2D eigenvalue weighted by atomic mass is 32.1. The first-order valence-corrected chi connectivity index (χ1v) is 9.62. The van der Waals surface area contributed by atoms with E-state index in [9.17, 15) is 4.79 Å². The van der Waals surface area contributed by atoms with Crippen molar-refractivity contribution < 1.29 is 14.3 Å². The van der Waals surface area contributed by atoms with Crippen LogP contribution in [0.15, 0.2) is 35.7 Å². The molecule has 3 aliphatic heterocycles. The number of likely N-dealkylation sites (tertiary alicyclic amines) is 1. The highest BCUT2D eigenvalue weighted by molar-refractivity contribution is 7.10. The maximum Gasteiger partial charge on any atom is 0.267 e. The largest absolute Gasteiger partial charge is 0.485 e. The molecule has 25 heavy (non-hydrogen) atoms. The van der Waals surface area contributed by atoms with Crippen LogP contribution >= 0.6 is 11.3 Å². The Bertz CT molecular complexity index is 799. The number of thiophene rings is 1. The van der Waals surface area contributed by atoms with E-state index in [2.05, 4.69) is 16.3 Å². The lowest BCUT2D eigenvalue weighted by molar-refractivity contribution is -0.149. The number of ether oxygens (including phenoxy) is 2. The van der Waals surface area contributed by atoms with Crippen LogP contribution in [0.2, 0.25) is 0 Å². The molecule has 0 aliphatic carbocycles. The van der Waals surface area contributed by atoms with Crippen LogP contribution in [0.25, 0.3) is 0 Å². The lowest BCUT2D eigenvalue weighted by Crippen LogP contribution is -2.64. The molecule has 1 saturated heterocycles. The molecule has 6 heteroatoms. The lowest BCUT2D eigenvalue weighted by Gasteiger charge is -2.47. The van der Waals surface area contributed by atoms with Gasteiger partial charge in [0, 0.05) is 37.1 Å². The Kier molecular flexibility index (Phi) is 3.68. The minimum absolute atomic E-state index is 0.0407. The predicted molar refractivity (Wildman–Crippen MR) is 95.2 cm³/mol. The van der Waals surface area contributed by atoms with Gasteiger partial charge in [0.15, 0.2) is 11.5 Å². The van der Waals surface area contributed by atoms with E-state index in [0.29, 0.717) is 24.1 Å². The molecule has 5 nitrogen and oxygen atoms in total. The highest BCUT2D eigenvalue weighted by Crippen LogP contribution is 2.32. The quantitative estimate of drug-likeness (QED) is 0.827. The Labute approximate surface area is 150 Å². The zero-order valence-electron chi connectivity index (χ0n) is 13.9. The van der Waals surface area contributed by atoms with Crippen molar-refractivity contribution in [2.75, 3.05) is 26.2 Å². The molecule has 0 N–H and O–H groups in total. The number of carbonyl (C=O) groups is 1. The molecule has 0 radical (unpaired) electrons. The Morgan fingerprint density at radius 2 is 2.00 bits per heavy atom. The van der Waals surface area contributed by atoms with Crippen molar-refractivity contribution in [1.82, 2.24) is 9.80 Å². The van der Waals surface area contributed by atoms with E-state index in [1.165, 1.54) is 10.4 Å². The van der Waals surface area contributed by atoms with Crippen LogP contribution in [0, 0.1) is 0 Å². The zero-order chi connectivity index (χ0) is 16.8. The van der Waals surface area contributed by atoms with Crippen molar-refractivity contribution in [2.45, 2.75) is 25.1 Å². The summed E-state index contributed by atoms with van der Waals surface area (Å²) in [4.78, 5) is 18.6. The molecule has 1 aromatic heterocycles. The number of amides is 1. The first-order valence-electron chi connectivity index (χ1n) is 8.74. The van der Waals surface area contributed by atoms with Crippen molar-refractivity contribution in [1.29, 1.82) is 0 Å². The summed E-state index contributed by atoms with van der Waals surface area (Å²) >= 11 is 1.86. The summed E-state index contributed by atoms with van der Waals surface area (Å²) in [5.41, 5.74) is 1.46. The van der Waals surface area contributed by atoms with Crippen molar-refractivity contribution in [3.05, 3.63) is 46.2 Å². The molecule has 3 aliphatic rings. The SMILES string of the molecule is O=C(C1COc2ccccc2O1)N1CC(N2CCc3sccc3C2)C1. The smallest absolute Gasteiger partial charge is 0.267 e. The third-order valence-corrected chi connectivity index (χ3v) is 6.33. The molecule has 130 valence electrons. The number of hydrogen-bond acceptors (Lipinski definition) is 5. The number of para-hydroxylation sites is 2. The lowest BCUT2D eigenvalue weighted by atomic mass is 10.0. The van der Waals surface area contributed by atoms with Crippen LogP contribution in [0.4, 0.5) is 0 Å². The highest BCUT2D eigenvalue weighted by Gasteiger charge is 2.40. The Morgan fingerprint density at radius 3 is 2.88 bits per heavy atom. The molecule has 0 spiro atoms. The van der Waals surface area contributed by atoms with E-state index in [-0.39, 0.29) is 5.91 Å². The summed E-state index contributed by atoms with van der Waals surface area (Å²) in [6.07, 6.45) is 0.606. The molecular weight excluding hydrogens is 336 g/mol. The zero-order valence-corrected chi connectivity index (χ0v) is 14.7. The topological polar surface area (TPSA) is 42.0 Å². The molecule has 4 heterocycles. The van der Waals surface area contributed by atoms with Crippen molar-refractivity contribution >= 4 is 17.2 Å². The molecule has 5 rings (SSSR count). The van der Waals surface area contributed by atoms with Crippen LogP contribution in [-0.4, -0.2) is 54.1 Å². The fourth-order valence-electron chi connectivity index (χ4n) is 3.79. The van der Waals surface area contributed by atoms with Crippen LogP contribution < -0.4 is 9.47 Å². The Balaban J connectivity index is 1.18. The van der Waals surface area contributed by atoms with E-state index in [1.807, 2.05) is 40.5 Å². The van der Waals surface area contributed by atoms with E-state index in [0.717, 1.165) is 32.6 Å². The molecule has 1 aromatic carbocycles. The average molecular weight is 356 g/mol. The second-order valence-corrected chi connectivity index (χ2v) is 7.85. The summed E-state index contributed by atoms with van der Waals surface area (Å²) in [6.45, 7) is 3.98. The summed E-state index contributed by atoms with van der Waals surface area (Å²) < 4.78 is 11.5. The van der Waals surface area contributed by atoms with Crippen molar-refractivity contribution in [3.8, 4) is 11.5 Å². The fraction of sp³-hybridized carbons (Fsp3) is 0.421.